The highest BCUT2D eigenvalue weighted by atomic mass is 35.5. The van der Waals surface area contributed by atoms with Crippen molar-refractivity contribution in [1.29, 1.82) is 0 Å². The van der Waals surface area contributed by atoms with Crippen molar-refractivity contribution < 1.29 is 4.74 Å². The molecule has 0 saturated carbocycles. The lowest BCUT2D eigenvalue weighted by Crippen LogP contribution is -2.35. The predicted octanol–water partition coefficient (Wildman–Crippen LogP) is 5.70. The zero-order valence-electron chi connectivity index (χ0n) is 15.6. The monoisotopic (exact) mass is 353 g/mol. The Labute approximate surface area is 155 Å². The Balaban J connectivity index is 0.00000288. The summed E-state index contributed by atoms with van der Waals surface area (Å²) in [7, 11) is 1.75. The highest BCUT2D eigenvalue weighted by Gasteiger charge is 2.18. The Morgan fingerprint density at radius 3 is 2.42 bits per heavy atom. The summed E-state index contributed by atoms with van der Waals surface area (Å²) in [6.45, 7) is 3.46. The van der Waals surface area contributed by atoms with Crippen LogP contribution in [0.25, 0.3) is 0 Å². The zero-order valence-corrected chi connectivity index (χ0v) is 16.4. The number of nitrogens with one attached hydrogen (secondary N) is 1. The van der Waals surface area contributed by atoms with E-state index in [1.807, 2.05) is 0 Å². The molecule has 0 spiro atoms. The molecule has 0 fully saturated rings. The molecule has 24 heavy (non-hydrogen) atoms. The Morgan fingerprint density at radius 2 is 1.71 bits per heavy atom. The fourth-order valence-corrected chi connectivity index (χ4v) is 3.60. The lowest BCUT2D eigenvalue weighted by Gasteiger charge is -2.26. The topological polar surface area (TPSA) is 21.3 Å². The number of ether oxygens (including phenoxy) is 1. The largest absolute Gasteiger partial charge is 0.497 e. The predicted molar refractivity (Wildman–Crippen MR) is 107 cm³/mol. The Kier molecular flexibility index (Phi) is 11.2. The van der Waals surface area contributed by atoms with E-state index in [1.165, 1.54) is 81.9 Å². The van der Waals surface area contributed by atoms with E-state index in [4.69, 9.17) is 4.74 Å². The molecule has 0 heterocycles. The summed E-state index contributed by atoms with van der Waals surface area (Å²) in [5.74, 6) is 0.993. The molecule has 1 N–H and O–H groups in total. The maximum Gasteiger partial charge on any atom is 0.119 e. The smallest absolute Gasteiger partial charge is 0.119 e. The quantitative estimate of drug-likeness (QED) is 0.515. The van der Waals surface area contributed by atoms with Gasteiger partial charge < -0.3 is 10.1 Å². The van der Waals surface area contributed by atoms with E-state index in [0.29, 0.717) is 6.04 Å². The van der Waals surface area contributed by atoms with E-state index < -0.39 is 0 Å². The van der Waals surface area contributed by atoms with Crippen LogP contribution in [0, 0.1) is 0 Å². The fraction of sp³-hybridized carbons (Fsp3) is 0.714. The van der Waals surface area contributed by atoms with Gasteiger partial charge in [0.2, 0.25) is 0 Å². The molecule has 3 heteroatoms. The van der Waals surface area contributed by atoms with Crippen molar-refractivity contribution in [3.8, 4) is 5.75 Å². The van der Waals surface area contributed by atoms with Crippen molar-refractivity contribution in [3.63, 3.8) is 0 Å². The summed E-state index contributed by atoms with van der Waals surface area (Å²) in [6.07, 6.45) is 14.8. The summed E-state index contributed by atoms with van der Waals surface area (Å²) < 4.78 is 5.36. The molecule has 0 aliphatic heterocycles. The van der Waals surface area contributed by atoms with Crippen LogP contribution in [-0.2, 0) is 12.8 Å². The van der Waals surface area contributed by atoms with Gasteiger partial charge in [0.1, 0.15) is 5.75 Å². The third-order valence-electron chi connectivity index (χ3n) is 5.11. The number of aryl methyl sites for hydroxylation is 1. The van der Waals surface area contributed by atoms with Gasteiger partial charge in [-0.3, -0.25) is 0 Å². The van der Waals surface area contributed by atoms with E-state index in [9.17, 15) is 0 Å². The van der Waals surface area contributed by atoms with Crippen LogP contribution in [0.4, 0.5) is 0 Å². The first-order chi connectivity index (χ1) is 11.3. The normalized spacial score (nSPS) is 16.3. The molecule has 1 atom stereocenters. The van der Waals surface area contributed by atoms with Crippen molar-refractivity contribution in [3.05, 3.63) is 29.3 Å². The van der Waals surface area contributed by atoms with Gasteiger partial charge >= 0.3 is 0 Å². The summed E-state index contributed by atoms with van der Waals surface area (Å²) >= 11 is 0. The van der Waals surface area contributed by atoms with Crippen LogP contribution in [0.5, 0.6) is 5.75 Å². The number of fused-ring (bicyclic) bond motifs is 1. The van der Waals surface area contributed by atoms with Crippen LogP contribution in [0.2, 0.25) is 0 Å². The third-order valence-corrected chi connectivity index (χ3v) is 5.11. The SMILES string of the molecule is CCCCCCCCCCNC1CCc2ccc(OC)cc2C1.Cl. The number of halogens is 1. The lowest BCUT2D eigenvalue weighted by molar-refractivity contribution is 0.410. The summed E-state index contributed by atoms with van der Waals surface area (Å²) in [6, 6.07) is 7.20. The van der Waals surface area contributed by atoms with Crippen LogP contribution in [0.1, 0.15) is 75.8 Å². The molecule has 1 aromatic carbocycles. The van der Waals surface area contributed by atoms with Gasteiger partial charge in [-0.15, -0.1) is 12.4 Å². The van der Waals surface area contributed by atoms with Gasteiger partial charge in [-0.1, -0.05) is 57.9 Å². The second-order valence-electron chi connectivity index (χ2n) is 7.00. The van der Waals surface area contributed by atoms with Gasteiger partial charge in [0.25, 0.3) is 0 Å². The van der Waals surface area contributed by atoms with Gasteiger partial charge in [0.05, 0.1) is 7.11 Å². The minimum absolute atomic E-state index is 0. The minimum atomic E-state index is 0. The average Bonchev–Trinajstić information content (AvgIpc) is 2.59. The van der Waals surface area contributed by atoms with Gasteiger partial charge in [-0.2, -0.15) is 0 Å². The van der Waals surface area contributed by atoms with Crippen LogP contribution in [0.3, 0.4) is 0 Å². The Hall–Kier alpha value is -0.730. The molecule has 0 saturated heterocycles. The van der Waals surface area contributed by atoms with Crippen LogP contribution in [-0.4, -0.2) is 19.7 Å². The zero-order chi connectivity index (χ0) is 16.3. The van der Waals surface area contributed by atoms with E-state index in [2.05, 4.69) is 30.4 Å². The average molecular weight is 354 g/mol. The number of methoxy groups -OCH3 is 1. The second kappa shape index (κ2) is 12.6. The molecule has 0 radical (unpaired) electrons. The van der Waals surface area contributed by atoms with Gasteiger partial charge in [-0.05, 0) is 55.5 Å². The molecule has 0 amide bonds. The first kappa shape index (κ1) is 21.3. The summed E-state index contributed by atoms with van der Waals surface area (Å²) in [5.41, 5.74) is 2.99. The van der Waals surface area contributed by atoms with Gasteiger partial charge in [0, 0.05) is 6.04 Å². The third kappa shape index (κ3) is 7.44. The molecule has 1 aromatic rings. The molecule has 1 aliphatic rings. The van der Waals surface area contributed by atoms with Crippen LogP contribution >= 0.6 is 12.4 Å². The summed E-state index contributed by atoms with van der Waals surface area (Å²) in [5, 5.41) is 3.77. The first-order valence-electron chi connectivity index (χ1n) is 9.72. The maximum absolute atomic E-state index is 5.36. The van der Waals surface area contributed by atoms with E-state index in [0.717, 1.165) is 12.2 Å². The maximum atomic E-state index is 5.36. The summed E-state index contributed by atoms with van der Waals surface area (Å²) in [4.78, 5) is 0. The highest BCUT2D eigenvalue weighted by molar-refractivity contribution is 5.85. The van der Waals surface area contributed by atoms with Crippen molar-refractivity contribution in [2.24, 2.45) is 0 Å². The van der Waals surface area contributed by atoms with Gasteiger partial charge in [-0.25, -0.2) is 0 Å². The molecule has 0 aromatic heterocycles. The van der Waals surface area contributed by atoms with Crippen molar-refractivity contribution in [2.45, 2.75) is 83.6 Å². The van der Waals surface area contributed by atoms with Crippen LogP contribution < -0.4 is 10.1 Å². The van der Waals surface area contributed by atoms with E-state index >= 15 is 0 Å². The van der Waals surface area contributed by atoms with Crippen molar-refractivity contribution >= 4 is 12.4 Å². The number of unbranched alkanes of at least 4 members (excludes halogenated alkanes) is 7. The van der Waals surface area contributed by atoms with E-state index in [1.54, 1.807) is 7.11 Å². The molecule has 2 nitrogen and oxygen atoms in total. The second-order valence-corrected chi connectivity index (χ2v) is 7.00. The Bertz CT molecular complexity index is 449. The molecule has 138 valence electrons. The first-order valence-corrected chi connectivity index (χ1v) is 9.72. The van der Waals surface area contributed by atoms with E-state index in [-0.39, 0.29) is 12.4 Å². The number of hydrogen-bond acceptors (Lipinski definition) is 2. The fourth-order valence-electron chi connectivity index (χ4n) is 3.60. The van der Waals surface area contributed by atoms with Gasteiger partial charge in [0.15, 0.2) is 0 Å². The molecule has 0 bridgehead atoms. The number of benzene rings is 1. The molecule has 2 rings (SSSR count). The molecule has 1 aliphatic carbocycles. The number of rotatable bonds is 11. The molecular weight excluding hydrogens is 318 g/mol. The highest BCUT2D eigenvalue weighted by Crippen LogP contribution is 2.25. The number of hydrogen-bond donors (Lipinski definition) is 1. The minimum Gasteiger partial charge on any atom is -0.497 e. The standard InChI is InChI=1S/C21H35NO.ClH/c1-3-4-5-6-7-8-9-10-15-22-20-13-11-18-12-14-21(23-2)17-19(18)16-20;/h12,14,17,20,22H,3-11,13,15-16H2,1-2H3;1H. The van der Waals surface area contributed by atoms with Crippen LogP contribution in [0.15, 0.2) is 18.2 Å². The molecule has 1 unspecified atom stereocenters. The van der Waals surface area contributed by atoms with Crippen molar-refractivity contribution in [2.75, 3.05) is 13.7 Å². The van der Waals surface area contributed by atoms with Crippen molar-refractivity contribution in [1.82, 2.24) is 5.32 Å². The lowest BCUT2D eigenvalue weighted by atomic mass is 9.88. The molecular formula is C21H36ClNO. The Morgan fingerprint density at radius 1 is 1.00 bits per heavy atom.